The molecule has 2 aliphatic rings. The van der Waals surface area contributed by atoms with Gasteiger partial charge in [0.15, 0.2) is 5.65 Å². The van der Waals surface area contributed by atoms with Gasteiger partial charge in [-0.15, -0.1) is 0 Å². The highest BCUT2D eigenvalue weighted by atomic mass is 16.5. The summed E-state index contributed by atoms with van der Waals surface area (Å²) in [5.41, 5.74) is 2.27. The van der Waals surface area contributed by atoms with Crippen LogP contribution in [0.2, 0.25) is 0 Å². The van der Waals surface area contributed by atoms with Gasteiger partial charge < -0.3 is 24.4 Å². The minimum atomic E-state index is 0.190. The van der Waals surface area contributed by atoms with Gasteiger partial charge in [-0.1, -0.05) is 12.1 Å². The van der Waals surface area contributed by atoms with Crippen molar-refractivity contribution in [2.75, 3.05) is 49.3 Å². The molecule has 1 aromatic carbocycles. The molecular weight excluding hydrogens is 394 g/mol. The Kier molecular flexibility index (Phi) is 5.33. The third-order valence-corrected chi connectivity index (χ3v) is 5.93. The molecule has 0 amide bonds. The van der Waals surface area contributed by atoms with E-state index in [4.69, 9.17) is 24.4 Å². The summed E-state index contributed by atoms with van der Waals surface area (Å²) < 4.78 is 11.3. The van der Waals surface area contributed by atoms with Crippen LogP contribution in [-0.4, -0.2) is 71.7 Å². The summed E-state index contributed by atoms with van der Waals surface area (Å²) in [4.78, 5) is 19.2. The Bertz CT molecular complexity index is 1090. The van der Waals surface area contributed by atoms with Gasteiger partial charge >= 0.3 is 0 Å². The number of fused-ring (bicyclic) bond motifs is 1. The molecule has 31 heavy (non-hydrogen) atoms. The zero-order valence-corrected chi connectivity index (χ0v) is 17.9. The number of benzene rings is 1. The molecule has 2 atom stereocenters. The lowest BCUT2D eigenvalue weighted by Gasteiger charge is -2.37. The zero-order valence-electron chi connectivity index (χ0n) is 17.9. The van der Waals surface area contributed by atoms with E-state index in [0.29, 0.717) is 38.0 Å². The Labute approximate surface area is 181 Å². The van der Waals surface area contributed by atoms with E-state index in [2.05, 4.69) is 23.6 Å². The van der Waals surface area contributed by atoms with Gasteiger partial charge in [0, 0.05) is 18.7 Å². The summed E-state index contributed by atoms with van der Waals surface area (Å²) in [6, 6.07) is 11.5. The van der Waals surface area contributed by atoms with Crippen LogP contribution in [0.1, 0.15) is 13.8 Å². The topological polar surface area (TPSA) is 83.8 Å². The number of morpholine rings is 2. The summed E-state index contributed by atoms with van der Waals surface area (Å²) in [7, 11) is 0. The van der Waals surface area contributed by atoms with E-state index in [1.807, 2.05) is 24.3 Å². The summed E-state index contributed by atoms with van der Waals surface area (Å²) in [5, 5.41) is 10.8. The second-order valence-electron chi connectivity index (χ2n) is 8.20. The fourth-order valence-electron chi connectivity index (χ4n) is 4.22. The molecule has 0 aliphatic carbocycles. The van der Waals surface area contributed by atoms with Gasteiger partial charge in [-0.2, -0.15) is 9.97 Å². The predicted molar refractivity (Wildman–Crippen MR) is 120 cm³/mol. The molecule has 0 bridgehead atoms. The zero-order chi connectivity index (χ0) is 21.4. The Morgan fingerprint density at radius 3 is 2.35 bits per heavy atom. The molecule has 5 rings (SSSR count). The predicted octanol–water partition coefficient (Wildman–Crippen LogP) is 2.85. The van der Waals surface area contributed by atoms with E-state index in [1.165, 1.54) is 0 Å². The lowest BCUT2D eigenvalue weighted by Crippen LogP contribution is -2.46. The van der Waals surface area contributed by atoms with Gasteiger partial charge in [0.2, 0.25) is 5.95 Å². The van der Waals surface area contributed by atoms with Crippen LogP contribution in [-0.2, 0) is 9.47 Å². The summed E-state index contributed by atoms with van der Waals surface area (Å²) >= 11 is 0. The molecule has 2 aromatic heterocycles. The van der Waals surface area contributed by atoms with Gasteiger partial charge in [0.1, 0.15) is 11.6 Å². The van der Waals surface area contributed by atoms with Gasteiger partial charge in [-0.25, -0.2) is 4.98 Å². The second kappa shape index (κ2) is 8.28. The Balaban J connectivity index is 1.66. The van der Waals surface area contributed by atoms with Crippen molar-refractivity contribution in [2.24, 2.45) is 0 Å². The molecular formula is C23H27N5O3. The molecule has 4 heterocycles. The fourth-order valence-corrected chi connectivity index (χ4v) is 4.22. The maximum atomic E-state index is 9.88. The molecule has 2 fully saturated rings. The number of anilines is 2. The van der Waals surface area contributed by atoms with E-state index in [1.54, 1.807) is 12.1 Å². The first-order chi connectivity index (χ1) is 15.1. The minimum Gasteiger partial charge on any atom is -0.508 e. The highest BCUT2D eigenvalue weighted by molar-refractivity contribution is 5.90. The fraction of sp³-hybridized carbons (Fsp3) is 0.435. The van der Waals surface area contributed by atoms with E-state index in [9.17, 15) is 5.11 Å². The highest BCUT2D eigenvalue weighted by Gasteiger charge is 2.27. The molecule has 8 nitrogen and oxygen atoms in total. The Hall–Kier alpha value is -2.97. The van der Waals surface area contributed by atoms with Crippen LogP contribution in [0.5, 0.6) is 5.75 Å². The van der Waals surface area contributed by atoms with E-state index >= 15 is 0 Å². The van der Waals surface area contributed by atoms with Gasteiger partial charge in [-0.05, 0) is 38.1 Å². The molecule has 0 spiro atoms. The van der Waals surface area contributed by atoms with E-state index in [0.717, 1.165) is 35.6 Å². The van der Waals surface area contributed by atoms with Crippen molar-refractivity contribution >= 4 is 22.8 Å². The number of pyridine rings is 1. The smallest absolute Gasteiger partial charge is 0.229 e. The van der Waals surface area contributed by atoms with Gasteiger partial charge in [0.25, 0.3) is 0 Å². The quantitative estimate of drug-likeness (QED) is 0.691. The van der Waals surface area contributed by atoms with Crippen molar-refractivity contribution in [1.82, 2.24) is 15.0 Å². The van der Waals surface area contributed by atoms with Crippen LogP contribution in [0.15, 0.2) is 36.4 Å². The minimum absolute atomic E-state index is 0.190. The van der Waals surface area contributed by atoms with Crippen LogP contribution in [0.4, 0.5) is 11.8 Å². The van der Waals surface area contributed by atoms with E-state index < -0.39 is 0 Å². The number of phenols is 1. The molecule has 1 N–H and O–H groups in total. The number of nitrogens with zero attached hydrogens (tertiary/aromatic N) is 5. The van der Waals surface area contributed by atoms with Crippen LogP contribution >= 0.6 is 0 Å². The lowest BCUT2D eigenvalue weighted by molar-refractivity contribution is 0.0973. The highest BCUT2D eigenvalue weighted by Crippen LogP contribution is 2.31. The summed E-state index contributed by atoms with van der Waals surface area (Å²) in [5.74, 6) is 1.79. The van der Waals surface area contributed by atoms with Crippen molar-refractivity contribution in [3.8, 4) is 17.0 Å². The van der Waals surface area contributed by atoms with Crippen molar-refractivity contribution in [2.45, 2.75) is 25.9 Å². The monoisotopic (exact) mass is 421 g/mol. The average Bonchev–Trinajstić information content (AvgIpc) is 2.79. The maximum Gasteiger partial charge on any atom is 0.229 e. The number of aromatic hydroxyl groups is 1. The number of phenolic OH excluding ortho intramolecular Hbond substituents is 1. The van der Waals surface area contributed by atoms with Crippen molar-refractivity contribution in [3.63, 3.8) is 0 Å². The van der Waals surface area contributed by atoms with Crippen LogP contribution < -0.4 is 9.80 Å². The Morgan fingerprint density at radius 1 is 0.903 bits per heavy atom. The van der Waals surface area contributed by atoms with Crippen molar-refractivity contribution in [1.29, 1.82) is 0 Å². The third-order valence-electron chi connectivity index (χ3n) is 5.93. The summed E-state index contributed by atoms with van der Waals surface area (Å²) in [6.07, 6.45) is 0. The number of hydrogen-bond acceptors (Lipinski definition) is 8. The number of hydrogen-bond donors (Lipinski definition) is 1. The van der Waals surface area contributed by atoms with Gasteiger partial charge in [0.05, 0.1) is 49.6 Å². The Morgan fingerprint density at radius 2 is 1.65 bits per heavy atom. The molecule has 2 saturated heterocycles. The van der Waals surface area contributed by atoms with Crippen LogP contribution in [0.25, 0.3) is 22.3 Å². The van der Waals surface area contributed by atoms with Crippen molar-refractivity contribution < 1.29 is 14.6 Å². The first-order valence-electron chi connectivity index (χ1n) is 10.8. The number of ether oxygens (including phenoxy) is 2. The maximum absolute atomic E-state index is 9.88. The average molecular weight is 422 g/mol. The number of rotatable bonds is 3. The van der Waals surface area contributed by atoms with Crippen LogP contribution in [0, 0.1) is 0 Å². The molecule has 162 valence electrons. The summed E-state index contributed by atoms with van der Waals surface area (Å²) in [6.45, 7) is 8.46. The molecule has 3 aromatic rings. The van der Waals surface area contributed by atoms with Crippen LogP contribution in [0.3, 0.4) is 0 Å². The van der Waals surface area contributed by atoms with Crippen molar-refractivity contribution in [3.05, 3.63) is 36.4 Å². The molecule has 0 unspecified atom stereocenters. The first-order valence-corrected chi connectivity index (χ1v) is 10.8. The van der Waals surface area contributed by atoms with E-state index in [-0.39, 0.29) is 17.8 Å². The molecule has 0 radical (unpaired) electrons. The second-order valence-corrected chi connectivity index (χ2v) is 8.20. The first kappa shape index (κ1) is 20.0. The van der Waals surface area contributed by atoms with Gasteiger partial charge in [-0.3, -0.25) is 0 Å². The number of aromatic nitrogens is 3. The SMILES string of the molecule is C[C@H]1COCCN1c1nc(N2CCOC[C@@H]2C)c2ccc(-c3cccc(O)c3)nc2n1. The third kappa shape index (κ3) is 3.88. The molecule has 0 saturated carbocycles. The standard InChI is InChI=1S/C23H27N5O3/c1-15-13-30-10-8-27(15)22-19-6-7-20(17-4-3-5-18(29)12-17)24-21(19)25-23(26-22)28-9-11-31-14-16(28)2/h3-7,12,15-16,29H,8-11,13-14H2,1-2H3/t15-,16-/m0/s1. The largest absolute Gasteiger partial charge is 0.508 e. The normalized spacial score (nSPS) is 22.1. The molecule has 8 heteroatoms. The lowest BCUT2D eigenvalue weighted by atomic mass is 10.1. The molecule has 2 aliphatic heterocycles.